The van der Waals surface area contributed by atoms with E-state index in [1.165, 1.54) is 16.7 Å². The zero-order valence-corrected chi connectivity index (χ0v) is 15.1. The molecular formula is C19H19N3O3S. The Morgan fingerprint density at radius 1 is 1.12 bits per heavy atom. The van der Waals surface area contributed by atoms with Crippen LogP contribution in [0.2, 0.25) is 0 Å². The number of anilines is 1. The fourth-order valence-corrected chi connectivity index (χ4v) is 3.58. The summed E-state index contributed by atoms with van der Waals surface area (Å²) in [6.45, 7) is 0.331. The van der Waals surface area contributed by atoms with Crippen LogP contribution in [0.1, 0.15) is 15.9 Å². The Bertz CT molecular complexity index is 836. The van der Waals surface area contributed by atoms with Crippen LogP contribution in [0, 0.1) is 0 Å². The maximum atomic E-state index is 12.3. The highest BCUT2D eigenvalue weighted by molar-refractivity contribution is 8.00. The van der Waals surface area contributed by atoms with Crippen molar-refractivity contribution in [1.29, 1.82) is 0 Å². The number of fused-ring (bicyclic) bond motifs is 1. The molecule has 0 unspecified atom stereocenters. The molecule has 0 fully saturated rings. The highest BCUT2D eigenvalue weighted by Crippen LogP contribution is 2.34. The average molecular weight is 369 g/mol. The third-order valence-corrected chi connectivity index (χ3v) is 5.09. The molecule has 0 atom stereocenters. The number of amides is 3. The fourth-order valence-electron chi connectivity index (χ4n) is 2.65. The van der Waals surface area contributed by atoms with E-state index in [4.69, 9.17) is 0 Å². The molecule has 0 spiro atoms. The van der Waals surface area contributed by atoms with Gasteiger partial charge in [0.15, 0.2) is 0 Å². The number of para-hydroxylation sites is 1. The summed E-state index contributed by atoms with van der Waals surface area (Å²) in [7, 11) is 1.58. The van der Waals surface area contributed by atoms with Crippen LogP contribution < -0.4 is 15.5 Å². The molecule has 0 aliphatic carbocycles. The number of hydrogen-bond acceptors (Lipinski definition) is 4. The summed E-state index contributed by atoms with van der Waals surface area (Å²) < 4.78 is 0. The molecule has 2 aromatic carbocycles. The van der Waals surface area contributed by atoms with Crippen molar-refractivity contribution in [3.05, 3.63) is 59.7 Å². The zero-order valence-electron chi connectivity index (χ0n) is 14.3. The Labute approximate surface area is 156 Å². The predicted molar refractivity (Wildman–Crippen MR) is 101 cm³/mol. The molecule has 6 nitrogen and oxygen atoms in total. The first kappa shape index (κ1) is 18.0. The molecule has 26 heavy (non-hydrogen) atoms. The van der Waals surface area contributed by atoms with Crippen LogP contribution in [0.15, 0.2) is 53.4 Å². The molecule has 0 radical (unpaired) electrons. The lowest BCUT2D eigenvalue weighted by Crippen LogP contribution is -2.43. The van der Waals surface area contributed by atoms with E-state index in [0.717, 1.165) is 16.1 Å². The number of hydrogen-bond donors (Lipinski definition) is 2. The smallest absolute Gasteiger partial charge is 0.251 e. The minimum Gasteiger partial charge on any atom is -0.355 e. The largest absolute Gasteiger partial charge is 0.355 e. The van der Waals surface area contributed by atoms with Gasteiger partial charge < -0.3 is 15.5 Å². The molecule has 0 aromatic heterocycles. The van der Waals surface area contributed by atoms with Gasteiger partial charge in [-0.15, -0.1) is 11.8 Å². The third kappa shape index (κ3) is 4.05. The molecule has 0 saturated heterocycles. The van der Waals surface area contributed by atoms with E-state index in [1.807, 2.05) is 24.3 Å². The lowest BCUT2D eigenvalue weighted by atomic mass is 10.1. The van der Waals surface area contributed by atoms with Crippen molar-refractivity contribution >= 4 is 35.2 Å². The molecule has 3 amide bonds. The average Bonchev–Trinajstić information content (AvgIpc) is 2.68. The highest BCUT2D eigenvalue weighted by atomic mass is 32.2. The van der Waals surface area contributed by atoms with E-state index in [2.05, 4.69) is 10.6 Å². The molecule has 0 saturated carbocycles. The van der Waals surface area contributed by atoms with Gasteiger partial charge in [0.2, 0.25) is 11.8 Å². The molecule has 3 rings (SSSR count). The number of benzene rings is 2. The number of carbonyl (C=O) groups excluding carboxylic acids is 3. The van der Waals surface area contributed by atoms with Crippen LogP contribution in [0.3, 0.4) is 0 Å². The molecule has 2 N–H and O–H groups in total. The fraction of sp³-hybridized carbons (Fsp3) is 0.211. The molecule has 134 valence electrons. The van der Waals surface area contributed by atoms with Crippen molar-refractivity contribution in [2.45, 2.75) is 11.4 Å². The van der Waals surface area contributed by atoms with Gasteiger partial charge in [0.25, 0.3) is 5.91 Å². The monoisotopic (exact) mass is 369 g/mol. The lowest BCUT2D eigenvalue weighted by Gasteiger charge is -2.28. The first-order valence-electron chi connectivity index (χ1n) is 8.18. The summed E-state index contributed by atoms with van der Waals surface area (Å²) in [4.78, 5) is 38.5. The van der Waals surface area contributed by atoms with Crippen molar-refractivity contribution in [2.75, 3.05) is 24.2 Å². The quantitative estimate of drug-likeness (QED) is 0.842. The summed E-state index contributed by atoms with van der Waals surface area (Å²) in [5.41, 5.74) is 2.22. The van der Waals surface area contributed by atoms with Crippen LogP contribution in [0.4, 0.5) is 5.69 Å². The summed E-state index contributed by atoms with van der Waals surface area (Å²) in [5, 5.41) is 5.38. The minimum absolute atomic E-state index is 0.00721. The van der Waals surface area contributed by atoms with Crippen molar-refractivity contribution in [1.82, 2.24) is 10.6 Å². The lowest BCUT2D eigenvalue weighted by molar-refractivity contribution is -0.123. The molecule has 1 aliphatic rings. The van der Waals surface area contributed by atoms with Gasteiger partial charge >= 0.3 is 0 Å². The maximum Gasteiger partial charge on any atom is 0.251 e. The van der Waals surface area contributed by atoms with Crippen LogP contribution in [-0.2, 0) is 16.1 Å². The van der Waals surface area contributed by atoms with Gasteiger partial charge in [-0.2, -0.15) is 0 Å². The van der Waals surface area contributed by atoms with E-state index in [1.54, 1.807) is 31.3 Å². The van der Waals surface area contributed by atoms with Gasteiger partial charge in [0.1, 0.15) is 6.54 Å². The van der Waals surface area contributed by atoms with Crippen molar-refractivity contribution in [2.24, 2.45) is 0 Å². The minimum atomic E-state index is -0.226. The van der Waals surface area contributed by atoms with Crippen LogP contribution >= 0.6 is 11.8 Å². The number of rotatable bonds is 5. The van der Waals surface area contributed by atoms with Gasteiger partial charge in [-0.1, -0.05) is 24.3 Å². The Morgan fingerprint density at radius 3 is 2.58 bits per heavy atom. The Morgan fingerprint density at radius 2 is 1.85 bits per heavy atom. The zero-order chi connectivity index (χ0) is 18.5. The molecule has 0 bridgehead atoms. The van der Waals surface area contributed by atoms with Crippen molar-refractivity contribution < 1.29 is 14.4 Å². The molecule has 1 heterocycles. The van der Waals surface area contributed by atoms with Crippen LogP contribution in [-0.4, -0.2) is 37.1 Å². The van der Waals surface area contributed by atoms with E-state index < -0.39 is 0 Å². The summed E-state index contributed by atoms with van der Waals surface area (Å²) >= 11 is 1.49. The third-order valence-electron chi connectivity index (χ3n) is 4.04. The summed E-state index contributed by atoms with van der Waals surface area (Å²) in [6.07, 6.45) is 0. The normalized spacial score (nSPS) is 13.1. The van der Waals surface area contributed by atoms with E-state index >= 15 is 0 Å². The van der Waals surface area contributed by atoms with Crippen LogP contribution in [0.25, 0.3) is 0 Å². The Kier molecular flexibility index (Phi) is 5.58. The van der Waals surface area contributed by atoms with E-state index in [-0.39, 0.29) is 24.3 Å². The van der Waals surface area contributed by atoms with Crippen molar-refractivity contribution in [3.63, 3.8) is 0 Å². The van der Waals surface area contributed by atoms with Crippen molar-refractivity contribution in [3.8, 4) is 0 Å². The standard InChI is InChI=1S/C19H19N3O3S/c1-20-19(25)14-8-6-13(7-9-14)10-21-17(23)11-22-15-4-2-3-5-16(15)26-12-18(22)24/h2-9H,10-12H2,1H3,(H,20,25)(H,21,23). The number of carbonyl (C=O) groups is 3. The van der Waals surface area contributed by atoms with Gasteiger partial charge in [-0.05, 0) is 29.8 Å². The number of nitrogens with zero attached hydrogens (tertiary/aromatic N) is 1. The molecular weight excluding hydrogens is 350 g/mol. The molecule has 7 heteroatoms. The Hall–Kier alpha value is -2.80. The van der Waals surface area contributed by atoms with E-state index in [0.29, 0.717) is 17.9 Å². The second kappa shape index (κ2) is 8.05. The highest BCUT2D eigenvalue weighted by Gasteiger charge is 2.26. The molecule has 2 aromatic rings. The predicted octanol–water partition coefficient (Wildman–Crippen LogP) is 1.80. The van der Waals surface area contributed by atoms with Gasteiger partial charge in [-0.25, -0.2) is 0 Å². The summed E-state index contributed by atoms with van der Waals surface area (Å²) in [5.74, 6) is -0.111. The second-order valence-corrected chi connectivity index (χ2v) is 6.81. The van der Waals surface area contributed by atoms with Gasteiger partial charge in [-0.3, -0.25) is 14.4 Å². The SMILES string of the molecule is CNC(=O)c1ccc(CNC(=O)CN2C(=O)CSc3ccccc32)cc1. The number of nitrogens with one attached hydrogen (secondary N) is 2. The Balaban J connectivity index is 1.59. The molecule has 1 aliphatic heterocycles. The van der Waals surface area contributed by atoms with Gasteiger partial charge in [0, 0.05) is 24.1 Å². The maximum absolute atomic E-state index is 12.3. The topological polar surface area (TPSA) is 78.5 Å². The van der Waals surface area contributed by atoms with Crippen LogP contribution in [0.5, 0.6) is 0 Å². The first-order chi connectivity index (χ1) is 12.6. The number of thioether (sulfide) groups is 1. The van der Waals surface area contributed by atoms with E-state index in [9.17, 15) is 14.4 Å². The van der Waals surface area contributed by atoms with Gasteiger partial charge in [0.05, 0.1) is 11.4 Å². The second-order valence-electron chi connectivity index (χ2n) is 5.79. The summed E-state index contributed by atoms with van der Waals surface area (Å²) in [6, 6.07) is 14.6. The first-order valence-corrected chi connectivity index (χ1v) is 9.17.